The lowest BCUT2D eigenvalue weighted by molar-refractivity contribution is -0.124. The molecule has 0 unspecified atom stereocenters. The molecular formula is C21H24N2O4S2. The van der Waals surface area contributed by atoms with Crippen molar-refractivity contribution in [3.05, 3.63) is 53.6 Å². The van der Waals surface area contributed by atoms with Crippen molar-refractivity contribution in [2.24, 2.45) is 5.92 Å². The van der Waals surface area contributed by atoms with Gasteiger partial charge in [0.1, 0.15) is 0 Å². The molecule has 0 fully saturated rings. The average molecular weight is 433 g/mol. The van der Waals surface area contributed by atoms with E-state index in [9.17, 15) is 18.0 Å². The Morgan fingerprint density at radius 1 is 1.21 bits per heavy atom. The van der Waals surface area contributed by atoms with Gasteiger partial charge < -0.3 is 10.6 Å². The van der Waals surface area contributed by atoms with Gasteiger partial charge in [0.25, 0.3) is 0 Å². The first kappa shape index (κ1) is 21.4. The molecule has 1 atom stereocenters. The molecular weight excluding hydrogens is 408 g/mol. The average Bonchev–Trinajstić information content (AvgIpc) is 2.86. The monoisotopic (exact) mass is 432 g/mol. The molecule has 2 aromatic rings. The molecule has 1 heterocycles. The van der Waals surface area contributed by atoms with Gasteiger partial charge in [0.15, 0.2) is 9.84 Å². The van der Waals surface area contributed by atoms with Gasteiger partial charge in [0.05, 0.1) is 16.3 Å². The van der Waals surface area contributed by atoms with E-state index >= 15 is 0 Å². The van der Waals surface area contributed by atoms with Crippen LogP contribution in [0.3, 0.4) is 0 Å². The van der Waals surface area contributed by atoms with E-state index in [1.165, 1.54) is 23.9 Å². The minimum absolute atomic E-state index is 0.109. The first-order chi connectivity index (χ1) is 13.7. The molecule has 0 radical (unpaired) electrons. The summed E-state index contributed by atoms with van der Waals surface area (Å²) < 4.78 is 25.6. The molecule has 8 heteroatoms. The van der Waals surface area contributed by atoms with Gasteiger partial charge in [-0.1, -0.05) is 36.8 Å². The summed E-state index contributed by atoms with van der Waals surface area (Å²) in [5.74, 6) is -0.786. The Bertz CT molecular complexity index is 1020. The van der Waals surface area contributed by atoms with Crippen molar-refractivity contribution in [1.82, 2.24) is 5.32 Å². The largest absolute Gasteiger partial charge is 0.352 e. The predicted molar refractivity (Wildman–Crippen MR) is 115 cm³/mol. The van der Waals surface area contributed by atoms with Gasteiger partial charge in [-0.15, -0.1) is 11.8 Å². The van der Waals surface area contributed by atoms with Crippen molar-refractivity contribution in [3.8, 4) is 0 Å². The van der Waals surface area contributed by atoms with Crippen molar-refractivity contribution < 1.29 is 18.0 Å². The van der Waals surface area contributed by atoms with Gasteiger partial charge in [-0.3, -0.25) is 9.59 Å². The minimum Gasteiger partial charge on any atom is -0.352 e. The highest BCUT2D eigenvalue weighted by Crippen LogP contribution is 2.33. The third kappa shape index (κ3) is 5.61. The van der Waals surface area contributed by atoms with Crippen molar-refractivity contribution in [2.45, 2.75) is 36.6 Å². The van der Waals surface area contributed by atoms with Gasteiger partial charge in [0, 0.05) is 29.5 Å². The number of sulfone groups is 1. The molecule has 0 aromatic heterocycles. The summed E-state index contributed by atoms with van der Waals surface area (Å²) in [6.07, 6.45) is 0.389. The summed E-state index contributed by atoms with van der Waals surface area (Å²) in [5, 5.41) is 5.54. The lowest BCUT2D eigenvalue weighted by Crippen LogP contribution is -2.32. The molecule has 2 N–H and O–H groups in total. The molecule has 29 heavy (non-hydrogen) atoms. The van der Waals surface area contributed by atoms with Crippen molar-refractivity contribution >= 4 is 39.1 Å². The van der Waals surface area contributed by atoms with Crippen LogP contribution in [0.1, 0.15) is 24.5 Å². The third-order valence-corrected chi connectivity index (χ3v) is 7.66. The van der Waals surface area contributed by atoms with Crippen LogP contribution in [0, 0.1) is 12.8 Å². The summed E-state index contributed by atoms with van der Waals surface area (Å²) in [6, 6.07) is 12.5. The molecule has 0 bridgehead atoms. The predicted octanol–water partition coefficient (Wildman–Crippen LogP) is 3.16. The van der Waals surface area contributed by atoms with E-state index in [0.29, 0.717) is 24.4 Å². The summed E-state index contributed by atoms with van der Waals surface area (Å²) in [5.41, 5.74) is 2.60. The highest BCUT2D eigenvalue weighted by molar-refractivity contribution is 7.99. The Morgan fingerprint density at radius 3 is 2.66 bits per heavy atom. The Morgan fingerprint density at radius 2 is 1.93 bits per heavy atom. The van der Waals surface area contributed by atoms with Gasteiger partial charge in [0.2, 0.25) is 11.8 Å². The SMILES string of the molecule is Cc1ccc(CNC(=O)[C@@H](C)CS(=O)(=O)c2ccc3c(c2)NC(=O)CCS3)cc1. The standard InChI is InChI=1S/C21H24N2O4S2/c1-14-3-5-16(6-4-14)12-22-21(25)15(2)13-29(26,27)17-7-8-19-18(11-17)23-20(24)9-10-28-19/h3-8,11,15H,9-10,12-13H2,1-2H3,(H,22,25)(H,23,24)/t15-/m0/s1. The number of nitrogens with one attached hydrogen (secondary N) is 2. The van der Waals surface area contributed by atoms with Crippen LogP contribution >= 0.6 is 11.8 Å². The van der Waals surface area contributed by atoms with Crippen LogP contribution in [0.5, 0.6) is 0 Å². The normalized spacial score (nSPS) is 15.0. The highest BCUT2D eigenvalue weighted by atomic mass is 32.2. The Hall–Kier alpha value is -2.32. The van der Waals surface area contributed by atoms with Crippen LogP contribution < -0.4 is 10.6 Å². The number of hydrogen-bond donors (Lipinski definition) is 2. The summed E-state index contributed by atoms with van der Waals surface area (Å²) in [4.78, 5) is 25.1. The quantitative estimate of drug-likeness (QED) is 0.732. The van der Waals surface area contributed by atoms with Gasteiger partial charge in [-0.25, -0.2) is 8.42 Å². The number of hydrogen-bond acceptors (Lipinski definition) is 5. The zero-order valence-corrected chi connectivity index (χ0v) is 18.0. The van der Waals surface area contributed by atoms with Gasteiger partial charge in [-0.2, -0.15) is 0 Å². The fourth-order valence-electron chi connectivity index (χ4n) is 2.96. The number of aryl methyl sites for hydroxylation is 1. The van der Waals surface area contributed by atoms with Crippen LogP contribution in [0.25, 0.3) is 0 Å². The second-order valence-electron chi connectivity index (χ2n) is 7.19. The second kappa shape index (κ2) is 9.00. The summed E-state index contributed by atoms with van der Waals surface area (Å²) >= 11 is 1.51. The van der Waals surface area contributed by atoms with Crippen LogP contribution in [0.2, 0.25) is 0 Å². The minimum atomic E-state index is -3.68. The Balaban J connectivity index is 1.65. The van der Waals surface area contributed by atoms with E-state index in [1.54, 1.807) is 13.0 Å². The van der Waals surface area contributed by atoms with Crippen molar-refractivity contribution in [2.75, 3.05) is 16.8 Å². The van der Waals surface area contributed by atoms with Crippen LogP contribution in [-0.2, 0) is 26.0 Å². The third-order valence-electron chi connectivity index (χ3n) is 4.68. The topological polar surface area (TPSA) is 92.3 Å². The molecule has 0 aliphatic carbocycles. The number of anilines is 1. The van der Waals surface area contributed by atoms with Crippen molar-refractivity contribution in [1.29, 1.82) is 0 Å². The first-order valence-electron chi connectivity index (χ1n) is 9.37. The van der Waals surface area contributed by atoms with Crippen molar-refractivity contribution in [3.63, 3.8) is 0 Å². The molecule has 1 aliphatic rings. The maximum atomic E-state index is 12.8. The van der Waals surface area contributed by atoms with Crippen LogP contribution in [-0.4, -0.2) is 31.7 Å². The number of carbonyl (C=O) groups is 2. The maximum absolute atomic E-state index is 12.8. The van der Waals surface area contributed by atoms with E-state index in [2.05, 4.69) is 10.6 Å². The van der Waals surface area contributed by atoms with Crippen LogP contribution in [0.15, 0.2) is 52.3 Å². The van der Waals surface area contributed by atoms with Crippen LogP contribution in [0.4, 0.5) is 5.69 Å². The molecule has 6 nitrogen and oxygen atoms in total. The molecule has 3 rings (SSSR count). The number of rotatable bonds is 6. The lowest BCUT2D eigenvalue weighted by atomic mass is 10.1. The van der Waals surface area contributed by atoms with E-state index < -0.39 is 15.8 Å². The van der Waals surface area contributed by atoms with Gasteiger partial charge >= 0.3 is 0 Å². The molecule has 0 saturated heterocycles. The molecule has 0 spiro atoms. The van der Waals surface area contributed by atoms with E-state index in [1.807, 2.05) is 31.2 Å². The fourth-order valence-corrected chi connectivity index (χ4v) is 5.47. The molecule has 1 aliphatic heterocycles. The molecule has 0 saturated carbocycles. The highest BCUT2D eigenvalue weighted by Gasteiger charge is 2.25. The van der Waals surface area contributed by atoms with Gasteiger partial charge in [-0.05, 0) is 30.7 Å². The molecule has 2 aromatic carbocycles. The molecule has 154 valence electrons. The first-order valence-corrected chi connectivity index (χ1v) is 12.0. The zero-order valence-electron chi connectivity index (χ0n) is 16.4. The Kier molecular flexibility index (Phi) is 6.64. The fraction of sp³-hybridized carbons (Fsp3) is 0.333. The zero-order chi connectivity index (χ0) is 21.0. The van der Waals surface area contributed by atoms with E-state index in [4.69, 9.17) is 0 Å². The number of benzene rings is 2. The number of thioether (sulfide) groups is 1. The smallest absolute Gasteiger partial charge is 0.225 e. The lowest BCUT2D eigenvalue weighted by Gasteiger charge is -2.14. The second-order valence-corrected chi connectivity index (χ2v) is 10.4. The number of amides is 2. The number of carbonyl (C=O) groups excluding carboxylic acids is 2. The Labute approximate surface area is 175 Å². The number of fused-ring (bicyclic) bond motifs is 1. The maximum Gasteiger partial charge on any atom is 0.225 e. The van der Waals surface area contributed by atoms with E-state index in [0.717, 1.165) is 16.0 Å². The summed E-state index contributed by atoms with van der Waals surface area (Å²) in [6.45, 7) is 3.94. The molecule has 2 amide bonds. The summed E-state index contributed by atoms with van der Waals surface area (Å²) in [7, 11) is -3.68. The van der Waals surface area contributed by atoms with E-state index in [-0.39, 0.29) is 22.5 Å².